The van der Waals surface area contributed by atoms with E-state index in [1.165, 1.54) is 5.69 Å². The molecule has 0 radical (unpaired) electrons. The lowest BCUT2D eigenvalue weighted by molar-refractivity contribution is 0.220. The molecule has 0 amide bonds. The maximum atomic E-state index is 5.51. The zero-order valence-corrected chi connectivity index (χ0v) is 14.3. The summed E-state index contributed by atoms with van der Waals surface area (Å²) in [5.74, 6) is 0.895. The van der Waals surface area contributed by atoms with Crippen molar-refractivity contribution in [2.24, 2.45) is 0 Å². The summed E-state index contributed by atoms with van der Waals surface area (Å²) in [7, 11) is 0. The molecular weight excluding hydrogens is 314 g/mol. The van der Waals surface area contributed by atoms with Crippen molar-refractivity contribution < 1.29 is 4.52 Å². The molecule has 128 valence electrons. The number of pyridine rings is 2. The Labute approximate surface area is 147 Å². The summed E-state index contributed by atoms with van der Waals surface area (Å²) >= 11 is 0. The molecule has 0 saturated carbocycles. The van der Waals surface area contributed by atoms with Gasteiger partial charge in [-0.3, -0.25) is 14.9 Å². The van der Waals surface area contributed by atoms with Crippen LogP contribution in [0.2, 0.25) is 0 Å². The Morgan fingerprint density at radius 1 is 1.08 bits per heavy atom. The highest BCUT2D eigenvalue weighted by Gasteiger charge is 2.19. The molecule has 4 rings (SSSR count). The van der Waals surface area contributed by atoms with E-state index in [0.717, 1.165) is 55.4 Å². The van der Waals surface area contributed by atoms with Gasteiger partial charge in [0.15, 0.2) is 5.76 Å². The highest BCUT2D eigenvalue weighted by molar-refractivity contribution is 5.57. The van der Waals surface area contributed by atoms with Crippen molar-refractivity contribution >= 4 is 5.69 Å². The van der Waals surface area contributed by atoms with Crippen LogP contribution in [0.3, 0.4) is 0 Å². The average molecular weight is 335 g/mol. The topological polar surface area (TPSA) is 58.3 Å². The molecule has 6 heteroatoms. The number of nitrogens with zero attached hydrogens (tertiary/aromatic N) is 5. The average Bonchev–Trinajstić information content (AvgIpc) is 3.12. The first-order valence-electron chi connectivity index (χ1n) is 8.54. The number of anilines is 1. The van der Waals surface area contributed by atoms with E-state index in [9.17, 15) is 0 Å². The third-order valence-corrected chi connectivity index (χ3v) is 4.51. The van der Waals surface area contributed by atoms with Crippen LogP contribution in [0.15, 0.2) is 53.4 Å². The Balaban J connectivity index is 1.35. The van der Waals surface area contributed by atoms with Crippen molar-refractivity contribution in [1.29, 1.82) is 0 Å². The first-order valence-corrected chi connectivity index (χ1v) is 8.54. The van der Waals surface area contributed by atoms with Crippen molar-refractivity contribution in [2.75, 3.05) is 31.1 Å². The second-order valence-corrected chi connectivity index (χ2v) is 6.34. The number of aryl methyl sites for hydroxylation is 1. The van der Waals surface area contributed by atoms with E-state index < -0.39 is 0 Å². The SMILES string of the molecule is Cc1cc(N2CCN(Cc3cc(-c4cccnc4)no3)CC2)ccn1. The van der Waals surface area contributed by atoms with Gasteiger partial charge in [0.25, 0.3) is 0 Å². The van der Waals surface area contributed by atoms with Crippen molar-refractivity contribution in [3.8, 4) is 11.3 Å². The van der Waals surface area contributed by atoms with Gasteiger partial charge in [-0.1, -0.05) is 5.16 Å². The molecule has 1 fully saturated rings. The smallest absolute Gasteiger partial charge is 0.151 e. The maximum Gasteiger partial charge on any atom is 0.151 e. The summed E-state index contributed by atoms with van der Waals surface area (Å²) in [6.07, 6.45) is 5.44. The quantitative estimate of drug-likeness (QED) is 0.731. The van der Waals surface area contributed by atoms with Crippen molar-refractivity contribution in [1.82, 2.24) is 20.0 Å². The molecule has 1 saturated heterocycles. The lowest BCUT2D eigenvalue weighted by atomic mass is 10.2. The van der Waals surface area contributed by atoms with Crippen molar-refractivity contribution in [3.05, 3.63) is 60.4 Å². The molecule has 1 aliphatic rings. The lowest BCUT2D eigenvalue weighted by Crippen LogP contribution is -2.45. The molecule has 0 atom stereocenters. The van der Waals surface area contributed by atoms with Crippen molar-refractivity contribution in [3.63, 3.8) is 0 Å². The summed E-state index contributed by atoms with van der Waals surface area (Å²) in [4.78, 5) is 13.2. The molecule has 25 heavy (non-hydrogen) atoms. The van der Waals surface area contributed by atoms with Crippen LogP contribution in [0.1, 0.15) is 11.5 Å². The third-order valence-electron chi connectivity index (χ3n) is 4.51. The van der Waals surface area contributed by atoms with Gasteiger partial charge in [-0.15, -0.1) is 0 Å². The monoisotopic (exact) mass is 335 g/mol. The van der Waals surface area contributed by atoms with Gasteiger partial charge < -0.3 is 9.42 Å². The van der Waals surface area contributed by atoms with Crippen LogP contribution in [-0.4, -0.2) is 46.2 Å². The minimum Gasteiger partial charge on any atom is -0.369 e. The number of rotatable bonds is 4. The number of hydrogen-bond acceptors (Lipinski definition) is 6. The molecule has 1 aliphatic heterocycles. The van der Waals surface area contributed by atoms with Crippen LogP contribution in [0.5, 0.6) is 0 Å². The second-order valence-electron chi connectivity index (χ2n) is 6.34. The molecule has 3 aromatic rings. The standard InChI is InChI=1S/C19H21N5O/c1-15-11-17(4-6-21-15)24-9-7-23(8-10-24)14-18-12-19(22-25-18)16-3-2-5-20-13-16/h2-6,11-13H,7-10,14H2,1H3. The number of hydrogen-bond donors (Lipinski definition) is 0. The van der Waals surface area contributed by atoms with Crippen molar-refractivity contribution in [2.45, 2.75) is 13.5 Å². The zero-order chi connectivity index (χ0) is 17.1. The largest absolute Gasteiger partial charge is 0.369 e. The molecule has 0 unspecified atom stereocenters. The molecule has 4 heterocycles. The molecule has 0 N–H and O–H groups in total. The maximum absolute atomic E-state index is 5.51. The van der Waals surface area contributed by atoms with E-state index in [4.69, 9.17) is 4.52 Å². The van der Waals surface area contributed by atoms with E-state index in [0.29, 0.717) is 0 Å². The van der Waals surface area contributed by atoms with E-state index in [2.05, 4.69) is 37.1 Å². The highest BCUT2D eigenvalue weighted by atomic mass is 16.5. The molecule has 6 nitrogen and oxygen atoms in total. The van der Waals surface area contributed by atoms with E-state index in [1.54, 1.807) is 12.4 Å². The third kappa shape index (κ3) is 3.69. The van der Waals surface area contributed by atoms with E-state index in [-0.39, 0.29) is 0 Å². The zero-order valence-electron chi connectivity index (χ0n) is 14.3. The van der Waals surface area contributed by atoms with Gasteiger partial charge in [-0.05, 0) is 31.2 Å². The van der Waals surface area contributed by atoms with E-state index >= 15 is 0 Å². The normalized spacial score (nSPS) is 15.5. The molecule has 0 spiro atoms. The Morgan fingerprint density at radius 2 is 1.96 bits per heavy atom. The van der Waals surface area contributed by atoms with Crippen LogP contribution in [0.4, 0.5) is 5.69 Å². The van der Waals surface area contributed by atoms with Gasteiger partial charge in [0, 0.05) is 67.8 Å². The lowest BCUT2D eigenvalue weighted by Gasteiger charge is -2.35. The summed E-state index contributed by atoms with van der Waals surface area (Å²) in [5.41, 5.74) is 4.14. The predicted molar refractivity (Wildman–Crippen MR) is 96.2 cm³/mol. The van der Waals surface area contributed by atoms with Crippen LogP contribution in [0.25, 0.3) is 11.3 Å². The second kappa shape index (κ2) is 7.03. The Kier molecular flexibility index (Phi) is 4.43. The summed E-state index contributed by atoms with van der Waals surface area (Å²) in [6.45, 7) is 6.84. The van der Waals surface area contributed by atoms with Crippen LogP contribution < -0.4 is 4.90 Å². The van der Waals surface area contributed by atoms with E-state index in [1.807, 2.05) is 31.3 Å². The van der Waals surface area contributed by atoms with Gasteiger partial charge in [0.2, 0.25) is 0 Å². The molecule has 3 aromatic heterocycles. The minimum atomic E-state index is 0.788. The fourth-order valence-electron chi connectivity index (χ4n) is 3.15. The summed E-state index contributed by atoms with van der Waals surface area (Å²) < 4.78 is 5.51. The summed E-state index contributed by atoms with van der Waals surface area (Å²) in [5, 5.41) is 4.17. The number of aromatic nitrogens is 3. The van der Waals surface area contributed by atoms with Crippen LogP contribution in [-0.2, 0) is 6.54 Å². The van der Waals surface area contributed by atoms with Gasteiger partial charge in [0.05, 0.1) is 6.54 Å². The minimum absolute atomic E-state index is 0.788. The van der Waals surface area contributed by atoms with Gasteiger partial charge in [-0.25, -0.2) is 0 Å². The van der Waals surface area contributed by atoms with Gasteiger partial charge in [0.1, 0.15) is 5.69 Å². The molecular formula is C19H21N5O. The molecule has 0 aromatic carbocycles. The van der Waals surface area contributed by atoms with Crippen LogP contribution >= 0.6 is 0 Å². The predicted octanol–water partition coefficient (Wildman–Crippen LogP) is 2.76. The first-order chi connectivity index (χ1) is 12.3. The molecule has 0 bridgehead atoms. The Morgan fingerprint density at radius 3 is 2.72 bits per heavy atom. The molecule has 0 aliphatic carbocycles. The first kappa shape index (κ1) is 15.8. The Hall–Kier alpha value is -2.73. The number of piperazine rings is 1. The fraction of sp³-hybridized carbons (Fsp3) is 0.316. The fourth-order valence-corrected chi connectivity index (χ4v) is 3.15. The Bertz CT molecular complexity index is 825. The van der Waals surface area contributed by atoms with Gasteiger partial charge in [-0.2, -0.15) is 0 Å². The van der Waals surface area contributed by atoms with Crippen LogP contribution in [0, 0.1) is 6.92 Å². The summed E-state index contributed by atoms with van der Waals surface area (Å²) in [6, 6.07) is 10.1. The highest BCUT2D eigenvalue weighted by Crippen LogP contribution is 2.20. The van der Waals surface area contributed by atoms with Gasteiger partial charge >= 0.3 is 0 Å².